The van der Waals surface area contributed by atoms with Crippen LogP contribution in [0.1, 0.15) is 63.0 Å². The Morgan fingerprint density at radius 2 is 1.63 bits per heavy atom. The third-order valence-electron chi connectivity index (χ3n) is 4.79. The maximum atomic E-state index is 12.1. The summed E-state index contributed by atoms with van der Waals surface area (Å²) in [6, 6.07) is 8.20. The molecule has 27 heavy (non-hydrogen) atoms. The standard InChI is InChI=1S/C20H32N4O2S/c1-2-3-4-5-6-7-8-17-9-11-18(12-10-17)13-14-19(21)16-27(25,26)20-15-22-24-23-20/h9-12,15,19H,2-8,13-14,16,21H2,1H3,(H,22,23,24). The molecule has 0 saturated carbocycles. The van der Waals surface area contributed by atoms with E-state index in [1.807, 2.05) is 0 Å². The van der Waals surface area contributed by atoms with Crippen LogP contribution in [0.3, 0.4) is 0 Å². The molecule has 2 rings (SSSR count). The van der Waals surface area contributed by atoms with Crippen LogP contribution in [-0.4, -0.2) is 35.6 Å². The van der Waals surface area contributed by atoms with Crippen molar-refractivity contribution in [2.75, 3.05) is 5.75 Å². The van der Waals surface area contributed by atoms with Crippen LogP contribution in [0.25, 0.3) is 0 Å². The van der Waals surface area contributed by atoms with Crippen molar-refractivity contribution in [3.8, 4) is 0 Å². The molecule has 6 nitrogen and oxygen atoms in total. The maximum Gasteiger partial charge on any atom is 0.200 e. The van der Waals surface area contributed by atoms with Crippen molar-refractivity contribution in [2.45, 2.75) is 75.8 Å². The number of sulfone groups is 1. The number of benzene rings is 1. The fourth-order valence-electron chi connectivity index (χ4n) is 3.13. The van der Waals surface area contributed by atoms with Crippen LogP contribution in [0, 0.1) is 0 Å². The molecule has 0 radical (unpaired) electrons. The average molecular weight is 393 g/mol. The second-order valence-corrected chi connectivity index (χ2v) is 9.20. The zero-order valence-corrected chi connectivity index (χ0v) is 17.0. The molecule has 7 heteroatoms. The molecule has 0 fully saturated rings. The molecular weight excluding hydrogens is 360 g/mol. The van der Waals surface area contributed by atoms with Gasteiger partial charge in [-0.25, -0.2) is 8.42 Å². The van der Waals surface area contributed by atoms with Gasteiger partial charge in [0.2, 0.25) is 9.84 Å². The highest BCUT2D eigenvalue weighted by Crippen LogP contribution is 2.13. The molecule has 0 spiro atoms. The summed E-state index contributed by atoms with van der Waals surface area (Å²) in [5.74, 6) is -0.115. The van der Waals surface area contributed by atoms with Crippen LogP contribution >= 0.6 is 0 Å². The van der Waals surface area contributed by atoms with Gasteiger partial charge in [0.1, 0.15) is 0 Å². The molecule has 1 aromatic carbocycles. The molecule has 1 unspecified atom stereocenters. The maximum absolute atomic E-state index is 12.1. The summed E-state index contributed by atoms with van der Waals surface area (Å²) in [5.41, 5.74) is 8.58. The number of aromatic amines is 1. The number of nitrogens with zero attached hydrogens (tertiary/aromatic N) is 2. The highest BCUT2D eigenvalue weighted by Gasteiger charge is 2.21. The summed E-state index contributed by atoms with van der Waals surface area (Å²) in [6.07, 6.45) is 11.6. The predicted molar refractivity (Wildman–Crippen MR) is 108 cm³/mol. The third-order valence-corrected chi connectivity index (χ3v) is 6.49. The van der Waals surface area contributed by atoms with Crippen LogP contribution in [0.5, 0.6) is 0 Å². The van der Waals surface area contributed by atoms with Gasteiger partial charge in [-0.2, -0.15) is 10.3 Å². The molecule has 1 atom stereocenters. The number of nitrogens with one attached hydrogen (secondary N) is 1. The van der Waals surface area contributed by atoms with E-state index in [9.17, 15) is 8.42 Å². The smallest absolute Gasteiger partial charge is 0.200 e. The first-order valence-corrected chi connectivity index (χ1v) is 11.6. The van der Waals surface area contributed by atoms with Gasteiger partial charge in [-0.1, -0.05) is 63.3 Å². The van der Waals surface area contributed by atoms with Gasteiger partial charge in [0.15, 0.2) is 5.03 Å². The zero-order valence-electron chi connectivity index (χ0n) is 16.2. The van der Waals surface area contributed by atoms with Crippen molar-refractivity contribution < 1.29 is 8.42 Å². The largest absolute Gasteiger partial charge is 0.327 e. The molecule has 3 N–H and O–H groups in total. The summed E-state index contributed by atoms with van der Waals surface area (Å²) in [5, 5.41) is 9.45. The Balaban J connectivity index is 1.70. The van der Waals surface area contributed by atoms with Gasteiger partial charge in [-0.15, -0.1) is 5.10 Å². The number of rotatable bonds is 13. The molecule has 2 aromatic rings. The van der Waals surface area contributed by atoms with Gasteiger partial charge in [0.05, 0.1) is 11.9 Å². The monoisotopic (exact) mass is 392 g/mol. The predicted octanol–water partition coefficient (Wildman–Crippen LogP) is 3.44. The van der Waals surface area contributed by atoms with E-state index >= 15 is 0 Å². The zero-order chi connectivity index (χ0) is 19.5. The summed E-state index contributed by atoms with van der Waals surface area (Å²) < 4.78 is 24.3. The molecule has 0 saturated heterocycles. The van der Waals surface area contributed by atoms with Crippen molar-refractivity contribution in [1.82, 2.24) is 15.4 Å². The van der Waals surface area contributed by atoms with Gasteiger partial charge in [0, 0.05) is 6.04 Å². The lowest BCUT2D eigenvalue weighted by molar-refractivity contribution is 0.575. The molecule has 1 aromatic heterocycles. The van der Waals surface area contributed by atoms with E-state index < -0.39 is 15.9 Å². The molecule has 1 heterocycles. The van der Waals surface area contributed by atoms with Gasteiger partial charge in [-0.3, -0.25) is 0 Å². The summed E-state index contributed by atoms with van der Waals surface area (Å²) >= 11 is 0. The topological polar surface area (TPSA) is 102 Å². The van der Waals surface area contributed by atoms with Gasteiger partial charge < -0.3 is 5.73 Å². The van der Waals surface area contributed by atoms with Crippen LogP contribution in [-0.2, 0) is 22.7 Å². The molecule has 150 valence electrons. The first kappa shape index (κ1) is 21.6. The van der Waals surface area contributed by atoms with Crippen LogP contribution in [0.15, 0.2) is 35.5 Å². The Labute approximate surface area is 162 Å². The number of aromatic nitrogens is 3. The number of hydrogen-bond acceptors (Lipinski definition) is 5. The fourth-order valence-corrected chi connectivity index (χ4v) is 4.42. The van der Waals surface area contributed by atoms with Crippen molar-refractivity contribution >= 4 is 9.84 Å². The highest BCUT2D eigenvalue weighted by atomic mass is 32.2. The Morgan fingerprint density at radius 1 is 1.00 bits per heavy atom. The first-order chi connectivity index (χ1) is 13.0. The third kappa shape index (κ3) is 7.81. The fraction of sp³-hybridized carbons (Fsp3) is 0.600. The average Bonchev–Trinajstić information content (AvgIpc) is 3.19. The molecule has 0 bridgehead atoms. The van der Waals surface area contributed by atoms with E-state index in [1.54, 1.807) is 0 Å². The lowest BCUT2D eigenvalue weighted by atomic mass is 10.0. The van der Waals surface area contributed by atoms with E-state index in [2.05, 4.69) is 46.6 Å². The minimum Gasteiger partial charge on any atom is -0.327 e. The van der Waals surface area contributed by atoms with Crippen molar-refractivity contribution in [1.29, 1.82) is 0 Å². The second kappa shape index (κ2) is 11.2. The van der Waals surface area contributed by atoms with E-state index in [0.717, 1.165) is 12.8 Å². The molecule has 0 aliphatic rings. The number of nitrogens with two attached hydrogens (primary N) is 1. The molecular formula is C20H32N4O2S. The molecule has 0 amide bonds. The summed E-state index contributed by atoms with van der Waals surface area (Å²) in [6.45, 7) is 2.24. The van der Waals surface area contributed by atoms with Gasteiger partial charge >= 0.3 is 0 Å². The SMILES string of the molecule is CCCCCCCCc1ccc(CCC(N)CS(=O)(=O)c2cn[nH]n2)cc1. The van der Waals surface area contributed by atoms with Gasteiger partial charge in [-0.05, 0) is 36.8 Å². The quantitative estimate of drug-likeness (QED) is 0.508. The summed E-state index contributed by atoms with van der Waals surface area (Å²) in [7, 11) is -3.48. The van der Waals surface area contributed by atoms with E-state index in [1.165, 1.54) is 55.8 Å². The number of aryl methyl sites for hydroxylation is 2. The normalized spacial score (nSPS) is 13.0. The Morgan fingerprint density at radius 3 is 2.26 bits per heavy atom. The minimum absolute atomic E-state index is 0.0444. The molecule has 0 aliphatic carbocycles. The minimum atomic E-state index is -3.48. The Bertz CT molecular complexity index is 743. The molecule has 0 aliphatic heterocycles. The first-order valence-electron chi connectivity index (χ1n) is 9.93. The van der Waals surface area contributed by atoms with Crippen molar-refractivity contribution in [2.24, 2.45) is 5.73 Å². The summed E-state index contributed by atoms with van der Waals surface area (Å²) in [4.78, 5) is 0. The van der Waals surface area contributed by atoms with E-state index in [4.69, 9.17) is 5.73 Å². The number of H-pyrrole nitrogens is 1. The van der Waals surface area contributed by atoms with Crippen LogP contribution in [0.4, 0.5) is 0 Å². The highest BCUT2D eigenvalue weighted by molar-refractivity contribution is 7.91. The van der Waals surface area contributed by atoms with Gasteiger partial charge in [0.25, 0.3) is 0 Å². The second-order valence-electron chi connectivity index (χ2n) is 7.22. The van der Waals surface area contributed by atoms with E-state index in [-0.39, 0.29) is 10.8 Å². The Kier molecular flexibility index (Phi) is 8.94. The Hall–Kier alpha value is -1.73. The lowest BCUT2D eigenvalue weighted by Crippen LogP contribution is -2.30. The van der Waals surface area contributed by atoms with E-state index in [0.29, 0.717) is 6.42 Å². The number of unbranched alkanes of at least 4 members (excludes halogenated alkanes) is 5. The lowest BCUT2D eigenvalue weighted by Gasteiger charge is -2.11. The van der Waals surface area contributed by atoms with Crippen molar-refractivity contribution in [3.63, 3.8) is 0 Å². The number of hydrogen-bond donors (Lipinski definition) is 2. The van der Waals surface area contributed by atoms with Crippen molar-refractivity contribution in [3.05, 3.63) is 41.6 Å². The van der Waals surface area contributed by atoms with Crippen LogP contribution < -0.4 is 5.73 Å². The van der Waals surface area contributed by atoms with Crippen LogP contribution in [0.2, 0.25) is 0 Å².